The van der Waals surface area contributed by atoms with Gasteiger partial charge in [0.05, 0.1) is 11.6 Å². The number of carbonyl (C=O) groups is 1. The minimum Gasteiger partial charge on any atom is -0.369 e. The van der Waals surface area contributed by atoms with Crippen LogP contribution < -0.4 is 16.0 Å². The normalized spacial score (nSPS) is 16.3. The number of amides is 1. The lowest BCUT2D eigenvalue weighted by atomic mass is 10.2. The third-order valence-corrected chi connectivity index (χ3v) is 3.83. The van der Waals surface area contributed by atoms with Gasteiger partial charge in [-0.15, -0.1) is 0 Å². The molecule has 130 valence electrons. The van der Waals surface area contributed by atoms with Gasteiger partial charge in [0.15, 0.2) is 0 Å². The first-order valence-corrected chi connectivity index (χ1v) is 8.78. The SMILES string of the molecule is CCCNc1nc(C)ncc1C#CCCCNC(=O)[C@@H]1CCCN1. The van der Waals surface area contributed by atoms with Crippen molar-refractivity contribution in [1.82, 2.24) is 20.6 Å². The van der Waals surface area contributed by atoms with Gasteiger partial charge in [0.25, 0.3) is 0 Å². The molecule has 1 amide bonds. The molecule has 0 saturated carbocycles. The molecule has 0 radical (unpaired) electrons. The molecule has 6 nitrogen and oxygen atoms in total. The number of nitrogens with one attached hydrogen (secondary N) is 3. The number of hydrogen-bond acceptors (Lipinski definition) is 5. The molecule has 0 unspecified atom stereocenters. The van der Waals surface area contributed by atoms with Crippen molar-refractivity contribution >= 4 is 11.7 Å². The summed E-state index contributed by atoms with van der Waals surface area (Å²) in [5.41, 5.74) is 0.827. The van der Waals surface area contributed by atoms with Gasteiger partial charge in [-0.2, -0.15) is 0 Å². The number of rotatable bonds is 7. The van der Waals surface area contributed by atoms with E-state index in [9.17, 15) is 4.79 Å². The Balaban J connectivity index is 1.75. The molecular weight excluding hydrogens is 302 g/mol. The second-order valence-corrected chi connectivity index (χ2v) is 5.95. The van der Waals surface area contributed by atoms with E-state index in [0.717, 1.165) is 62.4 Å². The van der Waals surface area contributed by atoms with E-state index in [4.69, 9.17) is 0 Å². The van der Waals surface area contributed by atoms with Crippen molar-refractivity contribution in [2.45, 2.75) is 52.0 Å². The van der Waals surface area contributed by atoms with Gasteiger partial charge in [0.1, 0.15) is 11.6 Å². The average Bonchev–Trinajstić information content (AvgIpc) is 3.12. The van der Waals surface area contributed by atoms with Gasteiger partial charge in [-0.05, 0) is 39.2 Å². The predicted octanol–water partition coefficient (Wildman–Crippen LogP) is 1.61. The summed E-state index contributed by atoms with van der Waals surface area (Å²) in [5.74, 6) is 7.93. The van der Waals surface area contributed by atoms with Crippen LogP contribution in [0.4, 0.5) is 5.82 Å². The topological polar surface area (TPSA) is 78.9 Å². The van der Waals surface area contributed by atoms with E-state index in [2.05, 4.69) is 44.7 Å². The number of unbranched alkanes of at least 4 members (excludes halogenated alkanes) is 1. The van der Waals surface area contributed by atoms with Gasteiger partial charge in [0, 0.05) is 25.7 Å². The summed E-state index contributed by atoms with van der Waals surface area (Å²) in [6.07, 6.45) is 6.39. The second-order valence-electron chi connectivity index (χ2n) is 5.95. The molecule has 24 heavy (non-hydrogen) atoms. The molecule has 1 atom stereocenters. The van der Waals surface area contributed by atoms with E-state index in [-0.39, 0.29) is 11.9 Å². The zero-order valence-electron chi connectivity index (χ0n) is 14.6. The molecule has 0 aliphatic carbocycles. The number of hydrogen-bond donors (Lipinski definition) is 3. The van der Waals surface area contributed by atoms with E-state index in [1.807, 2.05) is 6.92 Å². The Labute approximate surface area is 144 Å². The summed E-state index contributed by atoms with van der Waals surface area (Å²) in [5, 5.41) is 9.44. The Kier molecular flexibility index (Phi) is 7.50. The van der Waals surface area contributed by atoms with Gasteiger partial charge < -0.3 is 16.0 Å². The molecule has 1 saturated heterocycles. The van der Waals surface area contributed by atoms with Gasteiger partial charge in [-0.1, -0.05) is 18.8 Å². The molecule has 0 spiro atoms. The van der Waals surface area contributed by atoms with Gasteiger partial charge in [-0.3, -0.25) is 4.79 Å². The molecule has 1 aliphatic heterocycles. The first-order chi connectivity index (χ1) is 11.7. The van der Waals surface area contributed by atoms with Crippen LogP contribution >= 0.6 is 0 Å². The maximum Gasteiger partial charge on any atom is 0.237 e. The number of aromatic nitrogens is 2. The van der Waals surface area contributed by atoms with E-state index in [1.165, 1.54) is 0 Å². The summed E-state index contributed by atoms with van der Waals surface area (Å²) < 4.78 is 0. The van der Waals surface area contributed by atoms with Crippen molar-refractivity contribution < 1.29 is 4.79 Å². The fourth-order valence-corrected chi connectivity index (χ4v) is 2.52. The van der Waals surface area contributed by atoms with Crippen molar-refractivity contribution in [3.05, 3.63) is 17.6 Å². The van der Waals surface area contributed by atoms with Crippen molar-refractivity contribution in [2.24, 2.45) is 0 Å². The zero-order valence-corrected chi connectivity index (χ0v) is 14.6. The highest BCUT2D eigenvalue weighted by Crippen LogP contribution is 2.10. The fourth-order valence-electron chi connectivity index (χ4n) is 2.52. The molecule has 3 N–H and O–H groups in total. The first-order valence-electron chi connectivity index (χ1n) is 8.78. The van der Waals surface area contributed by atoms with E-state index in [1.54, 1.807) is 6.20 Å². The molecule has 0 aromatic carbocycles. The van der Waals surface area contributed by atoms with Crippen molar-refractivity contribution in [3.8, 4) is 11.8 Å². The molecule has 1 aliphatic rings. The lowest BCUT2D eigenvalue weighted by Crippen LogP contribution is -2.40. The molecule has 6 heteroatoms. The minimum absolute atomic E-state index is 0.00649. The van der Waals surface area contributed by atoms with Crippen LogP contribution in [0.15, 0.2) is 6.20 Å². The van der Waals surface area contributed by atoms with Crippen molar-refractivity contribution in [2.75, 3.05) is 25.0 Å². The summed E-state index contributed by atoms with van der Waals surface area (Å²) in [7, 11) is 0. The number of anilines is 1. The Morgan fingerprint density at radius 1 is 1.46 bits per heavy atom. The predicted molar refractivity (Wildman–Crippen MR) is 95.7 cm³/mol. The molecule has 1 fully saturated rings. The molecule has 2 heterocycles. The summed E-state index contributed by atoms with van der Waals surface area (Å²) >= 11 is 0. The lowest BCUT2D eigenvalue weighted by Gasteiger charge is -2.10. The van der Waals surface area contributed by atoms with Crippen LogP contribution in [0.1, 0.15) is 50.4 Å². The van der Waals surface area contributed by atoms with E-state index >= 15 is 0 Å². The van der Waals surface area contributed by atoms with E-state index < -0.39 is 0 Å². The standard InChI is InChI=1S/C18H27N5O/c1-3-10-20-17-15(13-22-14(2)23-17)8-5-4-6-11-21-18(24)16-9-7-12-19-16/h13,16,19H,3-4,6-7,9-12H2,1-2H3,(H,21,24)(H,20,22,23)/t16-/m0/s1. The van der Waals surface area contributed by atoms with Crippen molar-refractivity contribution in [3.63, 3.8) is 0 Å². The largest absolute Gasteiger partial charge is 0.369 e. The highest BCUT2D eigenvalue weighted by Gasteiger charge is 2.20. The maximum absolute atomic E-state index is 11.8. The van der Waals surface area contributed by atoms with E-state index in [0.29, 0.717) is 6.54 Å². The Morgan fingerprint density at radius 2 is 2.33 bits per heavy atom. The molecular formula is C18H27N5O. The monoisotopic (exact) mass is 329 g/mol. The number of aryl methyl sites for hydroxylation is 1. The fraction of sp³-hybridized carbons (Fsp3) is 0.611. The first kappa shape index (κ1) is 18.2. The molecule has 1 aromatic rings. The molecule has 0 bridgehead atoms. The van der Waals surface area contributed by atoms with Crippen LogP contribution in [0, 0.1) is 18.8 Å². The third-order valence-electron chi connectivity index (χ3n) is 3.83. The highest BCUT2D eigenvalue weighted by molar-refractivity contribution is 5.81. The minimum atomic E-state index is -0.00649. The number of carbonyl (C=O) groups excluding carboxylic acids is 1. The van der Waals surface area contributed by atoms with Crippen LogP contribution in [0.5, 0.6) is 0 Å². The molecule has 2 rings (SSSR count). The molecule has 1 aromatic heterocycles. The Morgan fingerprint density at radius 3 is 3.08 bits per heavy atom. The summed E-state index contributed by atoms with van der Waals surface area (Å²) in [4.78, 5) is 20.5. The van der Waals surface area contributed by atoms with Gasteiger partial charge in [0.2, 0.25) is 5.91 Å². The van der Waals surface area contributed by atoms with Crippen LogP contribution in [0.3, 0.4) is 0 Å². The Bertz CT molecular complexity index is 599. The maximum atomic E-state index is 11.8. The summed E-state index contributed by atoms with van der Waals surface area (Å²) in [6.45, 7) is 6.46. The van der Waals surface area contributed by atoms with Gasteiger partial charge >= 0.3 is 0 Å². The van der Waals surface area contributed by atoms with Crippen LogP contribution in [0.2, 0.25) is 0 Å². The number of nitrogens with zero attached hydrogens (tertiary/aromatic N) is 2. The van der Waals surface area contributed by atoms with Crippen molar-refractivity contribution in [1.29, 1.82) is 0 Å². The highest BCUT2D eigenvalue weighted by atomic mass is 16.2. The smallest absolute Gasteiger partial charge is 0.237 e. The summed E-state index contributed by atoms with van der Waals surface area (Å²) in [6, 6.07) is -0.00649. The Hall–Kier alpha value is -2.13. The van der Waals surface area contributed by atoms with Crippen LogP contribution in [0.25, 0.3) is 0 Å². The lowest BCUT2D eigenvalue weighted by molar-refractivity contribution is -0.122. The average molecular weight is 329 g/mol. The van der Waals surface area contributed by atoms with Crippen LogP contribution in [-0.4, -0.2) is 41.6 Å². The quantitative estimate of drug-likeness (QED) is 0.523. The third kappa shape index (κ3) is 5.82. The van der Waals surface area contributed by atoms with Crippen LogP contribution in [-0.2, 0) is 4.79 Å². The van der Waals surface area contributed by atoms with Gasteiger partial charge in [-0.25, -0.2) is 9.97 Å². The second kappa shape index (κ2) is 9.89. The zero-order chi connectivity index (χ0) is 17.2.